The van der Waals surface area contributed by atoms with Gasteiger partial charge in [0.05, 0.1) is 35.8 Å². The fourth-order valence-electron chi connectivity index (χ4n) is 2.86. The minimum absolute atomic E-state index is 0.483. The van der Waals surface area contributed by atoms with Crippen LogP contribution in [0.2, 0.25) is 0 Å². The third-order valence-electron chi connectivity index (χ3n) is 4.10. The Balaban J connectivity index is 1.77. The number of aryl methyl sites for hydroxylation is 2. The number of H-pyrrole nitrogens is 1. The first-order chi connectivity index (χ1) is 13.2. The van der Waals surface area contributed by atoms with Gasteiger partial charge in [-0.3, -0.25) is 9.78 Å². The number of nitrogens with one attached hydrogen (secondary N) is 2. The Labute approximate surface area is 155 Å². The van der Waals surface area contributed by atoms with Gasteiger partial charge in [-0.1, -0.05) is 0 Å². The van der Waals surface area contributed by atoms with Crippen LogP contribution in [0.4, 0.5) is 5.69 Å². The molecule has 0 amide bonds. The van der Waals surface area contributed by atoms with Crippen LogP contribution in [-0.4, -0.2) is 41.5 Å². The molecule has 0 unspecified atom stereocenters. The molecule has 4 rings (SSSR count). The number of rotatable bonds is 6. The van der Waals surface area contributed by atoms with Crippen molar-refractivity contribution in [3.8, 4) is 17.1 Å². The van der Waals surface area contributed by atoms with Crippen molar-refractivity contribution in [1.29, 1.82) is 0 Å². The average Bonchev–Trinajstić information content (AvgIpc) is 3.26. The molecule has 0 aromatic carbocycles. The zero-order chi connectivity index (χ0) is 18.8. The van der Waals surface area contributed by atoms with Crippen LogP contribution in [0.3, 0.4) is 0 Å². The fourth-order valence-corrected chi connectivity index (χ4v) is 2.86. The van der Waals surface area contributed by atoms with Crippen LogP contribution in [0.5, 0.6) is 5.88 Å². The second-order valence-electron chi connectivity index (χ2n) is 6.08. The van der Waals surface area contributed by atoms with Crippen molar-refractivity contribution in [3.63, 3.8) is 0 Å². The molecule has 0 aliphatic heterocycles. The summed E-state index contributed by atoms with van der Waals surface area (Å²) in [5.41, 5.74) is 4.91. The van der Waals surface area contributed by atoms with E-state index in [4.69, 9.17) is 9.72 Å². The second kappa shape index (κ2) is 7.02. The Morgan fingerprint density at radius 3 is 2.93 bits per heavy atom. The Morgan fingerprint density at radius 2 is 2.15 bits per heavy atom. The van der Waals surface area contributed by atoms with Gasteiger partial charge in [0.1, 0.15) is 17.4 Å². The molecule has 9 nitrogen and oxygen atoms in total. The van der Waals surface area contributed by atoms with Crippen LogP contribution in [0.25, 0.3) is 22.3 Å². The first-order valence-corrected chi connectivity index (χ1v) is 8.68. The average molecular weight is 364 g/mol. The molecule has 0 saturated heterocycles. The third-order valence-corrected chi connectivity index (χ3v) is 4.10. The van der Waals surface area contributed by atoms with E-state index in [9.17, 15) is 0 Å². The van der Waals surface area contributed by atoms with Gasteiger partial charge in [-0.05, 0) is 32.0 Å². The van der Waals surface area contributed by atoms with Crippen molar-refractivity contribution in [2.45, 2.75) is 20.4 Å². The molecule has 0 aliphatic carbocycles. The summed E-state index contributed by atoms with van der Waals surface area (Å²) in [6.45, 7) is 4.90. The summed E-state index contributed by atoms with van der Waals surface area (Å²) >= 11 is 0. The summed E-state index contributed by atoms with van der Waals surface area (Å²) in [5.74, 6) is 1.26. The Bertz CT molecular complexity index is 1080. The number of nitrogens with zero attached hydrogens (tertiary/aromatic N) is 6. The van der Waals surface area contributed by atoms with E-state index in [-0.39, 0.29) is 0 Å². The van der Waals surface area contributed by atoms with E-state index >= 15 is 0 Å². The van der Waals surface area contributed by atoms with Gasteiger partial charge in [0.15, 0.2) is 5.82 Å². The predicted octanol–water partition coefficient (Wildman–Crippen LogP) is 2.47. The molecule has 0 fully saturated rings. The minimum atomic E-state index is 0.483. The van der Waals surface area contributed by atoms with Crippen molar-refractivity contribution in [2.75, 3.05) is 11.9 Å². The smallest absolute Gasteiger partial charge is 0.222 e. The highest BCUT2D eigenvalue weighted by atomic mass is 16.5. The van der Waals surface area contributed by atoms with Gasteiger partial charge in [0.2, 0.25) is 5.88 Å². The van der Waals surface area contributed by atoms with E-state index in [1.807, 2.05) is 39.1 Å². The van der Waals surface area contributed by atoms with Gasteiger partial charge in [-0.15, -0.1) is 0 Å². The number of aromatic amines is 1. The molecule has 0 spiro atoms. The van der Waals surface area contributed by atoms with Gasteiger partial charge in [-0.25, -0.2) is 15.0 Å². The quantitative estimate of drug-likeness (QED) is 0.541. The van der Waals surface area contributed by atoms with Crippen molar-refractivity contribution in [1.82, 2.24) is 34.9 Å². The number of hydrogen-bond donors (Lipinski definition) is 2. The highest BCUT2D eigenvalue weighted by molar-refractivity contribution is 5.92. The van der Waals surface area contributed by atoms with Crippen LogP contribution in [0, 0.1) is 6.92 Å². The summed E-state index contributed by atoms with van der Waals surface area (Å²) in [4.78, 5) is 13.4. The van der Waals surface area contributed by atoms with Crippen LogP contribution in [-0.2, 0) is 13.6 Å². The molecule has 4 aromatic rings. The molecule has 0 atom stereocenters. The zero-order valence-corrected chi connectivity index (χ0v) is 15.4. The zero-order valence-electron chi connectivity index (χ0n) is 15.4. The molecule has 0 aliphatic rings. The van der Waals surface area contributed by atoms with Crippen LogP contribution in [0.1, 0.15) is 18.4 Å². The Kier molecular flexibility index (Phi) is 4.41. The normalized spacial score (nSPS) is 11.1. The minimum Gasteiger partial charge on any atom is -0.477 e. The summed E-state index contributed by atoms with van der Waals surface area (Å²) in [7, 11) is 1.84. The molecule has 0 radical (unpaired) electrons. The number of aromatic nitrogens is 7. The highest BCUT2D eigenvalue weighted by Gasteiger charge is 2.16. The summed E-state index contributed by atoms with van der Waals surface area (Å²) < 4.78 is 7.34. The van der Waals surface area contributed by atoms with Crippen molar-refractivity contribution in [2.24, 2.45) is 7.05 Å². The molecular formula is C18H20N8O. The van der Waals surface area contributed by atoms with Crippen molar-refractivity contribution >= 4 is 16.7 Å². The van der Waals surface area contributed by atoms with Crippen molar-refractivity contribution < 1.29 is 4.74 Å². The van der Waals surface area contributed by atoms with E-state index in [1.54, 1.807) is 17.2 Å². The Morgan fingerprint density at radius 1 is 1.26 bits per heavy atom. The molecule has 4 heterocycles. The van der Waals surface area contributed by atoms with E-state index < -0.39 is 0 Å². The predicted molar refractivity (Wildman–Crippen MR) is 101 cm³/mol. The number of fused-ring (bicyclic) bond motifs is 1. The number of pyridine rings is 2. The maximum atomic E-state index is 5.67. The molecule has 4 aromatic heterocycles. The van der Waals surface area contributed by atoms with Gasteiger partial charge in [-0.2, -0.15) is 10.2 Å². The maximum Gasteiger partial charge on any atom is 0.222 e. The summed E-state index contributed by atoms with van der Waals surface area (Å²) in [6.07, 6.45) is 3.38. The molecule has 9 heteroatoms. The standard InChI is InChI=1S/C18H20N8O/c1-4-27-18-12(6-5-7-19-18)13-8-14(17-16(22-13)11(2)23-24-17)20-9-15-21-10-26(3)25-15/h5-8,10H,4,9H2,1-3H3,(H,20,22)(H,23,24). The van der Waals surface area contributed by atoms with Gasteiger partial charge in [0, 0.05) is 13.2 Å². The van der Waals surface area contributed by atoms with E-state index in [0.29, 0.717) is 24.9 Å². The molecule has 0 bridgehead atoms. The fraction of sp³-hybridized carbons (Fsp3) is 0.278. The van der Waals surface area contributed by atoms with Crippen LogP contribution >= 0.6 is 0 Å². The lowest BCUT2D eigenvalue weighted by molar-refractivity contribution is 0.328. The molecule has 2 N–H and O–H groups in total. The van der Waals surface area contributed by atoms with Crippen LogP contribution in [0.15, 0.2) is 30.7 Å². The first kappa shape index (κ1) is 17.0. The van der Waals surface area contributed by atoms with Gasteiger partial charge < -0.3 is 10.1 Å². The second-order valence-corrected chi connectivity index (χ2v) is 6.08. The molecular weight excluding hydrogens is 344 g/mol. The number of ether oxygens (including phenoxy) is 1. The third kappa shape index (κ3) is 3.31. The van der Waals surface area contributed by atoms with E-state index in [1.165, 1.54) is 0 Å². The van der Waals surface area contributed by atoms with Gasteiger partial charge >= 0.3 is 0 Å². The lowest BCUT2D eigenvalue weighted by Gasteiger charge is -2.11. The largest absolute Gasteiger partial charge is 0.477 e. The SMILES string of the molecule is CCOc1ncccc1-c1cc(NCc2ncn(C)n2)c2n[nH]c(C)c2n1. The monoisotopic (exact) mass is 364 g/mol. The Hall–Kier alpha value is -3.49. The maximum absolute atomic E-state index is 5.67. The first-order valence-electron chi connectivity index (χ1n) is 8.68. The van der Waals surface area contributed by atoms with E-state index in [0.717, 1.165) is 33.7 Å². The lowest BCUT2D eigenvalue weighted by atomic mass is 10.1. The lowest BCUT2D eigenvalue weighted by Crippen LogP contribution is -2.04. The summed E-state index contributed by atoms with van der Waals surface area (Å²) in [6, 6.07) is 5.77. The van der Waals surface area contributed by atoms with Gasteiger partial charge in [0.25, 0.3) is 0 Å². The van der Waals surface area contributed by atoms with E-state index in [2.05, 4.69) is 30.6 Å². The number of anilines is 1. The number of hydrogen-bond acceptors (Lipinski definition) is 7. The topological polar surface area (TPSA) is 106 Å². The molecule has 0 saturated carbocycles. The molecule has 138 valence electrons. The highest BCUT2D eigenvalue weighted by Crippen LogP contribution is 2.32. The summed E-state index contributed by atoms with van der Waals surface area (Å²) in [5, 5.41) is 15.1. The van der Waals surface area contributed by atoms with Crippen molar-refractivity contribution in [3.05, 3.63) is 42.2 Å². The van der Waals surface area contributed by atoms with Crippen LogP contribution < -0.4 is 10.1 Å². The molecule has 27 heavy (non-hydrogen) atoms.